The summed E-state index contributed by atoms with van der Waals surface area (Å²) in [6, 6.07) is 1.97. The number of nitrogens with one attached hydrogen (secondary N) is 2. The highest BCUT2D eigenvalue weighted by Gasteiger charge is 2.28. The lowest BCUT2D eigenvalue weighted by Gasteiger charge is -2.07. The maximum atomic E-state index is 11.4. The number of hydrogen-bond donors (Lipinski definition) is 2. The van der Waals surface area contributed by atoms with Gasteiger partial charge in [-0.3, -0.25) is 9.78 Å². The number of aromatic nitrogens is 1. The van der Waals surface area contributed by atoms with Crippen LogP contribution in [0.5, 0.6) is 0 Å². The molecule has 1 aromatic heterocycles. The summed E-state index contributed by atoms with van der Waals surface area (Å²) < 4.78 is 1.93. The summed E-state index contributed by atoms with van der Waals surface area (Å²) in [5, 5.41) is 6.17. The second kappa shape index (κ2) is 6.63. The predicted molar refractivity (Wildman–Crippen MR) is 77.1 cm³/mol. The summed E-state index contributed by atoms with van der Waals surface area (Å²) in [6.07, 6.45) is 3.88. The molecule has 0 aliphatic heterocycles. The maximum absolute atomic E-state index is 11.4. The summed E-state index contributed by atoms with van der Waals surface area (Å²) in [7, 11) is 0. The fourth-order valence-electron chi connectivity index (χ4n) is 1.54. The highest BCUT2D eigenvalue weighted by molar-refractivity contribution is 9.11. The Balaban J connectivity index is 1.63. The molecule has 1 aliphatic carbocycles. The summed E-state index contributed by atoms with van der Waals surface area (Å²) >= 11 is 6.83. The minimum atomic E-state index is 0.194. The normalized spacial score (nSPS) is 14.6. The quantitative estimate of drug-likeness (QED) is 0.748. The SMILES string of the molecule is O=C(NCCNCc1ncc(Br)cc1Br)C1CC1. The summed E-state index contributed by atoms with van der Waals surface area (Å²) in [6.45, 7) is 2.11. The molecule has 1 heterocycles. The van der Waals surface area contributed by atoms with E-state index in [1.807, 2.05) is 6.07 Å². The first-order valence-corrected chi connectivity index (χ1v) is 7.54. The van der Waals surface area contributed by atoms with Crippen LogP contribution in [0.15, 0.2) is 21.2 Å². The van der Waals surface area contributed by atoms with E-state index in [0.717, 1.165) is 34.0 Å². The van der Waals surface area contributed by atoms with Crippen molar-refractivity contribution in [2.75, 3.05) is 13.1 Å². The van der Waals surface area contributed by atoms with Crippen LogP contribution in [-0.2, 0) is 11.3 Å². The van der Waals surface area contributed by atoms with Crippen molar-refractivity contribution in [3.8, 4) is 0 Å². The molecule has 2 rings (SSSR count). The topological polar surface area (TPSA) is 54.0 Å². The highest BCUT2D eigenvalue weighted by atomic mass is 79.9. The van der Waals surface area contributed by atoms with Crippen LogP contribution in [0.4, 0.5) is 0 Å². The standard InChI is InChI=1S/C12H15Br2N3O/c13-9-5-10(14)11(17-6-9)7-15-3-4-16-12(18)8-1-2-8/h5-6,8,15H,1-4,7H2,(H,16,18). The van der Waals surface area contributed by atoms with Gasteiger partial charge >= 0.3 is 0 Å². The molecule has 0 spiro atoms. The molecule has 1 fully saturated rings. The molecule has 4 nitrogen and oxygen atoms in total. The maximum Gasteiger partial charge on any atom is 0.223 e. The van der Waals surface area contributed by atoms with Gasteiger partial charge in [-0.15, -0.1) is 0 Å². The number of nitrogens with zero attached hydrogens (tertiary/aromatic N) is 1. The Morgan fingerprint density at radius 2 is 2.17 bits per heavy atom. The Morgan fingerprint density at radius 3 is 2.83 bits per heavy atom. The lowest BCUT2D eigenvalue weighted by atomic mass is 10.3. The van der Waals surface area contributed by atoms with Gasteiger partial charge in [0.15, 0.2) is 0 Å². The van der Waals surface area contributed by atoms with Gasteiger partial charge in [0, 0.05) is 40.7 Å². The van der Waals surface area contributed by atoms with Crippen LogP contribution in [0.2, 0.25) is 0 Å². The zero-order valence-electron chi connectivity index (χ0n) is 9.88. The molecule has 0 unspecified atom stereocenters. The minimum absolute atomic E-state index is 0.194. The highest BCUT2D eigenvalue weighted by Crippen LogP contribution is 2.28. The lowest BCUT2D eigenvalue weighted by Crippen LogP contribution is -2.32. The monoisotopic (exact) mass is 375 g/mol. The fourth-order valence-corrected chi connectivity index (χ4v) is 2.67. The molecule has 1 aromatic rings. The van der Waals surface area contributed by atoms with Gasteiger partial charge in [0.25, 0.3) is 0 Å². The predicted octanol–water partition coefficient (Wildman–Crippen LogP) is 2.22. The first-order chi connectivity index (χ1) is 8.66. The molecule has 0 aromatic carbocycles. The smallest absolute Gasteiger partial charge is 0.223 e. The van der Waals surface area contributed by atoms with Crippen molar-refractivity contribution in [1.29, 1.82) is 0 Å². The van der Waals surface area contributed by atoms with E-state index in [9.17, 15) is 4.79 Å². The molecule has 1 amide bonds. The molecule has 2 N–H and O–H groups in total. The van der Waals surface area contributed by atoms with E-state index in [4.69, 9.17) is 0 Å². The Bertz CT molecular complexity index is 435. The van der Waals surface area contributed by atoms with Gasteiger partial charge in [-0.2, -0.15) is 0 Å². The first-order valence-electron chi connectivity index (χ1n) is 5.95. The average Bonchev–Trinajstić information content (AvgIpc) is 3.15. The number of pyridine rings is 1. The van der Waals surface area contributed by atoms with E-state index >= 15 is 0 Å². The van der Waals surface area contributed by atoms with E-state index in [1.54, 1.807) is 6.20 Å². The molecule has 6 heteroatoms. The van der Waals surface area contributed by atoms with Crippen LogP contribution in [0.25, 0.3) is 0 Å². The molecule has 0 radical (unpaired) electrons. The van der Waals surface area contributed by atoms with Crippen molar-refractivity contribution in [3.63, 3.8) is 0 Å². The zero-order valence-corrected chi connectivity index (χ0v) is 13.1. The molecule has 0 atom stereocenters. The van der Waals surface area contributed by atoms with Crippen molar-refractivity contribution in [2.45, 2.75) is 19.4 Å². The second-order valence-corrected chi connectivity index (χ2v) is 6.09. The van der Waals surface area contributed by atoms with E-state index in [0.29, 0.717) is 13.1 Å². The van der Waals surface area contributed by atoms with Crippen LogP contribution in [-0.4, -0.2) is 24.0 Å². The third-order valence-corrected chi connectivity index (χ3v) is 3.85. The number of rotatable bonds is 6. The third-order valence-electron chi connectivity index (χ3n) is 2.73. The molecular formula is C12H15Br2N3O. The molecule has 1 aliphatic rings. The molecule has 18 heavy (non-hydrogen) atoms. The lowest BCUT2D eigenvalue weighted by molar-refractivity contribution is -0.122. The fraction of sp³-hybridized carbons (Fsp3) is 0.500. The van der Waals surface area contributed by atoms with Crippen molar-refractivity contribution in [2.24, 2.45) is 5.92 Å². The van der Waals surface area contributed by atoms with E-state index in [-0.39, 0.29) is 11.8 Å². The van der Waals surface area contributed by atoms with Gasteiger partial charge in [-0.1, -0.05) is 0 Å². The van der Waals surface area contributed by atoms with Gasteiger partial charge in [0.2, 0.25) is 5.91 Å². The van der Waals surface area contributed by atoms with Gasteiger partial charge in [-0.05, 0) is 50.8 Å². The average molecular weight is 377 g/mol. The molecule has 1 saturated carbocycles. The molecular weight excluding hydrogens is 362 g/mol. The summed E-state index contributed by atoms with van der Waals surface area (Å²) in [5.74, 6) is 0.479. The van der Waals surface area contributed by atoms with E-state index in [1.165, 1.54) is 0 Å². The first kappa shape index (κ1) is 14.0. The zero-order chi connectivity index (χ0) is 13.0. The van der Waals surface area contributed by atoms with Crippen LogP contribution in [0.1, 0.15) is 18.5 Å². The van der Waals surface area contributed by atoms with Gasteiger partial charge in [0.1, 0.15) is 0 Å². The summed E-state index contributed by atoms with van der Waals surface area (Å²) in [5.41, 5.74) is 0.965. The van der Waals surface area contributed by atoms with Gasteiger partial charge in [-0.25, -0.2) is 0 Å². The number of hydrogen-bond acceptors (Lipinski definition) is 3. The van der Waals surface area contributed by atoms with Crippen molar-refractivity contribution < 1.29 is 4.79 Å². The van der Waals surface area contributed by atoms with E-state index < -0.39 is 0 Å². The molecule has 0 saturated heterocycles. The second-order valence-electron chi connectivity index (χ2n) is 4.32. The van der Waals surface area contributed by atoms with Crippen molar-refractivity contribution >= 4 is 37.8 Å². The summed E-state index contributed by atoms with van der Waals surface area (Å²) in [4.78, 5) is 15.7. The Morgan fingerprint density at radius 1 is 1.39 bits per heavy atom. The largest absolute Gasteiger partial charge is 0.355 e. The number of carbonyl (C=O) groups is 1. The Kier molecular flexibility index (Phi) is 5.14. The minimum Gasteiger partial charge on any atom is -0.355 e. The Labute approximate surface area is 123 Å². The van der Waals surface area contributed by atoms with Crippen molar-refractivity contribution in [1.82, 2.24) is 15.6 Å². The number of carbonyl (C=O) groups excluding carboxylic acids is 1. The van der Waals surface area contributed by atoms with Crippen LogP contribution in [0, 0.1) is 5.92 Å². The van der Waals surface area contributed by atoms with Crippen molar-refractivity contribution in [3.05, 3.63) is 26.9 Å². The number of halogens is 2. The molecule has 98 valence electrons. The van der Waals surface area contributed by atoms with Crippen LogP contribution in [0.3, 0.4) is 0 Å². The van der Waals surface area contributed by atoms with Crippen LogP contribution < -0.4 is 10.6 Å². The molecule has 0 bridgehead atoms. The van der Waals surface area contributed by atoms with E-state index in [2.05, 4.69) is 47.5 Å². The van der Waals surface area contributed by atoms with Gasteiger partial charge in [0.05, 0.1) is 5.69 Å². The van der Waals surface area contributed by atoms with Gasteiger partial charge < -0.3 is 10.6 Å². The van der Waals surface area contributed by atoms with Crippen LogP contribution >= 0.6 is 31.9 Å². The third kappa shape index (κ3) is 4.33. The Hall–Kier alpha value is -0.460. The number of amides is 1.